The maximum Gasteiger partial charge on any atom is 0.251 e. The zero-order valence-corrected chi connectivity index (χ0v) is 10.9. The van der Waals surface area contributed by atoms with E-state index in [0.717, 1.165) is 5.56 Å². The van der Waals surface area contributed by atoms with Crippen LogP contribution in [-0.4, -0.2) is 10.9 Å². The first kappa shape index (κ1) is 13.7. The van der Waals surface area contributed by atoms with Gasteiger partial charge in [0.1, 0.15) is 17.6 Å². The number of halogens is 1. The Bertz CT molecular complexity index is 692. The highest BCUT2D eigenvalue weighted by Crippen LogP contribution is 2.09. The standard InChI is InChI=1S/C15H12FN3O/c1-10-6-11(2-3-14(10)16)9-19-15(20)12-4-5-18-13(7-12)8-17/h2-7H,9H2,1H3,(H,19,20). The molecule has 0 spiro atoms. The number of nitrogens with zero attached hydrogens (tertiary/aromatic N) is 2. The van der Waals surface area contributed by atoms with E-state index in [1.165, 1.54) is 24.4 Å². The SMILES string of the molecule is Cc1cc(CNC(=O)c2ccnc(C#N)c2)ccc1F. The fraction of sp³-hybridized carbons (Fsp3) is 0.133. The van der Waals surface area contributed by atoms with Gasteiger partial charge < -0.3 is 5.32 Å². The molecule has 2 rings (SSSR count). The summed E-state index contributed by atoms with van der Waals surface area (Å²) >= 11 is 0. The Morgan fingerprint density at radius 3 is 2.90 bits per heavy atom. The Labute approximate surface area is 115 Å². The molecule has 100 valence electrons. The zero-order valence-electron chi connectivity index (χ0n) is 10.9. The van der Waals surface area contributed by atoms with E-state index in [2.05, 4.69) is 10.3 Å². The van der Waals surface area contributed by atoms with E-state index in [-0.39, 0.29) is 17.4 Å². The van der Waals surface area contributed by atoms with E-state index in [0.29, 0.717) is 17.7 Å². The minimum atomic E-state index is -0.300. The summed E-state index contributed by atoms with van der Waals surface area (Å²) in [5.74, 6) is -0.571. The molecule has 0 aliphatic carbocycles. The van der Waals surface area contributed by atoms with Crippen LogP contribution >= 0.6 is 0 Å². The minimum Gasteiger partial charge on any atom is -0.348 e. The molecule has 0 radical (unpaired) electrons. The van der Waals surface area contributed by atoms with Crippen molar-refractivity contribution >= 4 is 5.91 Å². The molecule has 4 nitrogen and oxygen atoms in total. The molecule has 0 aliphatic rings. The summed E-state index contributed by atoms with van der Waals surface area (Å²) in [5.41, 5.74) is 1.91. The van der Waals surface area contributed by atoms with Crippen molar-refractivity contribution in [2.45, 2.75) is 13.5 Å². The molecular formula is C15H12FN3O. The summed E-state index contributed by atoms with van der Waals surface area (Å²) in [6.45, 7) is 1.97. The third-order valence-corrected chi connectivity index (χ3v) is 2.81. The number of aromatic nitrogens is 1. The van der Waals surface area contributed by atoms with E-state index >= 15 is 0 Å². The van der Waals surface area contributed by atoms with E-state index in [9.17, 15) is 9.18 Å². The highest BCUT2D eigenvalue weighted by molar-refractivity contribution is 5.94. The molecule has 1 N–H and O–H groups in total. The van der Waals surface area contributed by atoms with Crippen molar-refractivity contribution < 1.29 is 9.18 Å². The van der Waals surface area contributed by atoms with Gasteiger partial charge in [-0.25, -0.2) is 9.37 Å². The number of amides is 1. The number of nitriles is 1. The van der Waals surface area contributed by atoms with Crippen LogP contribution < -0.4 is 5.32 Å². The van der Waals surface area contributed by atoms with Gasteiger partial charge in [0.05, 0.1) is 0 Å². The molecule has 2 aromatic rings. The van der Waals surface area contributed by atoms with Crippen molar-refractivity contribution in [3.63, 3.8) is 0 Å². The first-order valence-electron chi connectivity index (χ1n) is 5.99. The van der Waals surface area contributed by atoms with Gasteiger partial charge in [-0.3, -0.25) is 4.79 Å². The van der Waals surface area contributed by atoms with Crippen molar-refractivity contribution in [2.24, 2.45) is 0 Å². The summed E-state index contributed by atoms with van der Waals surface area (Å²) in [5, 5.41) is 11.4. The lowest BCUT2D eigenvalue weighted by Gasteiger charge is -2.06. The van der Waals surface area contributed by atoms with Gasteiger partial charge in [0.2, 0.25) is 0 Å². The number of nitrogens with one attached hydrogen (secondary N) is 1. The number of pyridine rings is 1. The quantitative estimate of drug-likeness (QED) is 0.930. The number of aryl methyl sites for hydroxylation is 1. The van der Waals surface area contributed by atoms with Gasteiger partial charge in [-0.2, -0.15) is 5.26 Å². The molecule has 0 unspecified atom stereocenters. The van der Waals surface area contributed by atoms with Crippen molar-refractivity contribution in [3.05, 3.63) is 64.7 Å². The second-order valence-electron chi connectivity index (χ2n) is 4.31. The summed E-state index contributed by atoms with van der Waals surface area (Å²) in [4.78, 5) is 15.7. The molecular weight excluding hydrogens is 257 g/mol. The molecule has 0 bridgehead atoms. The monoisotopic (exact) mass is 269 g/mol. The lowest BCUT2D eigenvalue weighted by atomic mass is 10.1. The Morgan fingerprint density at radius 2 is 2.20 bits per heavy atom. The van der Waals surface area contributed by atoms with Crippen LogP contribution in [-0.2, 0) is 6.54 Å². The summed E-state index contributed by atoms with van der Waals surface area (Å²) in [7, 11) is 0. The Kier molecular flexibility index (Phi) is 4.06. The Hall–Kier alpha value is -2.74. The summed E-state index contributed by atoms with van der Waals surface area (Å²) < 4.78 is 13.1. The van der Waals surface area contributed by atoms with E-state index < -0.39 is 0 Å². The number of carbonyl (C=O) groups excluding carboxylic acids is 1. The van der Waals surface area contributed by atoms with Crippen LogP contribution in [0.2, 0.25) is 0 Å². The average Bonchev–Trinajstić information content (AvgIpc) is 2.48. The molecule has 5 heteroatoms. The molecule has 0 atom stereocenters. The molecule has 0 aliphatic heterocycles. The van der Waals surface area contributed by atoms with Crippen LogP contribution in [0.3, 0.4) is 0 Å². The highest BCUT2D eigenvalue weighted by atomic mass is 19.1. The van der Waals surface area contributed by atoms with Gasteiger partial charge in [0.25, 0.3) is 5.91 Å². The molecule has 0 fully saturated rings. The van der Waals surface area contributed by atoms with Crippen LogP contribution in [0.5, 0.6) is 0 Å². The maximum atomic E-state index is 13.1. The Morgan fingerprint density at radius 1 is 1.40 bits per heavy atom. The lowest BCUT2D eigenvalue weighted by Crippen LogP contribution is -2.23. The van der Waals surface area contributed by atoms with Gasteiger partial charge in [-0.15, -0.1) is 0 Å². The number of carbonyl (C=O) groups is 1. The fourth-order valence-electron chi connectivity index (χ4n) is 1.73. The third-order valence-electron chi connectivity index (χ3n) is 2.81. The molecule has 1 heterocycles. The first-order chi connectivity index (χ1) is 9.60. The van der Waals surface area contributed by atoms with Crippen molar-refractivity contribution in [1.29, 1.82) is 5.26 Å². The smallest absolute Gasteiger partial charge is 0.251 e. The van der Waals surface area contributed by atoms with E-state index in [4.69, 9.17) is 5.26 Å². The third kappa shape index (κ3) is 3.18. The molecule has 20 heavy (non-hydrogen) atoms. The van der Waals surface area contributed by atoms with Crippen molar-refractivity contribution in [1.82, 2.24) is 10.3 Å². The molecule has 0 saturated heterocycles. The molecule has 0 saturated carbocycles. The normalized spacial score (nSPS) is 9.85. The second-order valence-corrected chi connectivity index (χ2v) is 4.31. The number of hydrogen-bond donors (Lipinski definition) is 1. The zero-order chi connectivity index (χ0) is 14.5. The number of rotatable bonds is 3. The van der Waals surface area contributed by atoms with Gasteiger partial charge in [-0.05, 0) is 36.2 Å². The Balaban J connectivity index is 2.04. The van der Waals surface area contributed by atoms with Crippen LogP contribution in [0.4, 0.5) is 4.39 Å². The van der Waals surface area contributed by atoms with Crippen LogP contribution in [0.25, 0.3) is 0 Å². The summed E-state index contributed by atoms with van der Waals surface area (Å²) in [6, 6.07) is 9.51. The van der Waals surface area contributed by atoms with E-state index in [1.807, 2.05) is 6.07 Å². The molecule has 1 amide bonds. The molecule has 1 aromatic heterocycles. The van der Waals surface area contributed by atoms with Crippen molar-refractivity contribution in [2.75, 3.05) is 0 Å². The largest absolute Gasteiger partial charge is 0.348 e. The average molecular weight is 269 g/mol. The van der Waals surface area contributed by atoms with Gasteiger partial charge in [0.15, 0.2) is 0 Å². The number of hydrogen-bond acceptors (Lipinski definition) is 3. The first-order valence-corrected chi connectivity index (χ1v) is 5.99. The van der Waals surface area contributed by atoms with Crippen LogP contribution in [0, 0.1) is 24.1 Å². The van der Waals surface area contributed by atoms with Crippen molar-refractivity contribution in [3.8, 4) is 6.07 Å². The van der Waals surface area contributed by atoms with Gasteiger partial charge >= 0.3 is 0 Å². The van der Waals surface area contributed by atoms with Gasteiger partial charge in [0, 0.05) is 18.3 Å². The number of benzene rings is 1. The second kappa shape index (κ2) is 5.93. The van der Waals surface area contributed by atoms with E-state index in [1.54, 1.807) is 19.1 Å². The lowest BCUT2D eigenvalue weighted by molar-refractivity contribution is 0.0950. The predicted octanol–water partition coefficient (Wildman–Crippen LogP) is 2.33. The van der Waals surface area contributed by atoms with Gasteiger partial charge in [-0.1, -0.05) is 12.1 Å². The highest BCUT2D eigenvalue weighted by Gasteiger charge is 2.07. The fourth-order valence-corrected chi connectivity index (χ4v) is 1.73. The predicted molar refractivity (Wildman–Crippen MR) is 71.3 cm³/mol. The maximum absolute atomic E-state index is 13.1. The van der Waals surface area contributed by atoms with Crippen LogP contribution in [0.15, 0.2) is 36.5 Å². The van der Waals surface area contributed by atoms with Crippen LogP contribution in [0.1, 0.15) is 27.2 Å². The topological polar surface area (TPSA) is 65.8 Å². The minimum absolute atomic E-state index is 0.190. The summed E-state index contributed by atoms with van der Waals surface area (Å²) in [6.07, 6.45) is 1.41. The molecule has 1 aromatic carbocycles.